The minimum absolute atomic E-state index is 0.0766. The normalized spacial score (nSPS) is 16.5. The number of ketones is 1. The summed E-state index contributed by atoms with van der Waals surface area (Å²) in [5.41, 5.74) is 1.70. The summed E-state index contributed by atoms with van der Waals surface area (Å²) in [7, 11) is -3.73. The van der Waals surface area contributed by atoms with Crippen LogP contribution in [-0.4, -0.2) is 62.0 Å². The molecule has 0 unspecified atom stereocenters. The fourth-order valence-corrected chi connectivity index (χ4v) is 4.81. The SMILES string of the molecule is CC(=O)c1ccc(S(=O)(=O)NCc2ccc(C(=O)N3CCN(C(=O)C4CC4)CC3)cc2)cc1. The van der Waals surface area contributed by atoms with Crippen LogP contribution in [0.2, 0.25) is 0 Å². The van der Waals surface area contributed by atoms with Gasteiger partial charge in [-0.15, -0.1) is 0 Å². The molecule has 1 aliphatic carbocycles. The summed E-state index contributed by atoms with van der Waals surface area (Å²) in [5.74, 6) is 0.183. The van der Waals surface area contributed by atoms with Gasteiger partial charge in [0.25, 0.3) is 5.91 Å². The second-order valence-corrected chi connectivity index (χ2v) is 10.3. The topological polar surface area (TPSA) is 104 Å². The molecule has 0 spiro atoms. The molecule has 2 aromatic rings. The molecule has 2 aromatic carbocycles. The molecule has 1 N–H and O–H groups in total. The second-order valence-electron chi connectivity index (χ2n) is 8.49. The molecule has 1 saturated carbocycles. The van der Waals surface area contributed by atoms with E-state index >= 15 is 0 Å². The number of hydrogen-bond acceptors (Lipinski definition) is 5. The van der Waals surface area contributed by atoms with E-state index in [2.05, 4.69) is 4.72 Å². The lowest BCUT2D eigenvalue weighted by atomic mass is 10.1. The molecule has 2 amide bonds. The molecular weight excluding hydrogens is 442 g/mol. The van der Waals surface area contributed by atoms with Gasteiger partial charge in [-0.05, 0) is 49.6 Å². The number of Topliss-reactive ketones (excluding diaryl/α,β-unsaturated/α-hetero) is 1. The Kier molecular flexibility index (Phi) is 6.62. The van der Waals surface area contributed by atoms with E-state index in [4.69, 9.17) is 0 Å². The Morgan fingerprint density at radius 1 is 0.848 bits per heavy atom. The van der Waals surface area contributed by atoms with Crippen LogP contribution in [-0.2, 0) is 21.4 Å². The van der Waals surface area contributed by atoms with Crippen LogP contribution < -0.4 is 4.72 Å². The zero-order valence-electron chi connectivity index (χ0n) is 18.5. The maximum atomic E-state index is 12.8. The first-order chi connectivity index (χ1) is 15.7. The maximum Gasteiger partial charge on any atom is 0.253 e. The van der Waals surface area contributed by atoms with Gasteiger partial charge >= 0.3 is 0 Å². The largest absolute Gasteiger partial charge is 0.339 e. The van der Waals surface area contributed by atoms with Gasteiger partial charge in [-0.1, -0.05) is 24.3 Å². The van der Waals surface area contributed by atoms with E-state index in [0.29, 0.717) is 37.3 Å². The summed E-state index contributed by atoms with van der Waals surface area (Å²) >= 11 is 0. The Bertz CT molecular complexity index is 1150. The quantitative estimate of drug-likeness (QED) is 0.625. The molecule has 1 heterocycles. The number of nitrogens with one attached hydrogen (secondary N) is 1. The van der Waals surface area contributed by atoms with Gasteiger partial charge in [0.15, 0.2) is 5.78 Å². The zero-order chi connectivity index (χ0) is 23.6. The Morgan fingerprint density at radius 3 is 1.94 bits per heavy atom. The Hall–Kier alpha value is -3.04. The molecular formula is C24H27N3O5S. The van der Waals surface area contributed by atoms with E-state index in [1.54, 1.807) is 29.2 Å². The lowest BCUT2D eigenvalue weighted by Gasteiger charge is -2.35. The van der Waals surface area contributed by atoms with Gasteiger partial charge in [0.05, 0.1) is 4.90 Å². The molecule has 33 heavy (non-hydrogen) atoms. The van der Waals surface area contributed by atoms with E-state index in [-0.39, 0.29) is 35.0 Å². The first-order valence-corrected chi connectivity index (χ1v) is 12.5. The minimum atomic E-state index is -3.73. The standard InChI is InChI=1S/C24H27N3O5S/c1-17(28)19-8-10-22(11-9-19)33(31,32)25-16-18-2-4-20(5-3-18)23(29)26-12-14-27(15-13-26)24(30)21-6-7-21/h2-5,8-11,21,25H,6-7,12-16H2,1H3. The van der Waals surface area contributed by atoms with Crippen LogP contribution in [0, 0.1) is 5.92 Å². The molecule has 4 rings (SSSR count). The highest BCUT2D eigenvalue weighted by Crippen LogP contribution is 2.31. The van der Waals surface area contributed by atoms with Crippen molar-refractivity contribution in [1.29, 1.82) is 0 Å². The van der Waals surface area contributed by atoms with E-state index in [9.17, 15) is 22.8 Å². The molecule has 1 saturated heterocycles. The predicted octanol–water partition coefficient (Wildman–Crippen LogP) is 2.06. The fourth-order valence-electron chi connectivity index (χ4n) is 3.80. The molecule has 174 valence electrons. The molecule has 8 nitrogen and oxygen atoms in total. The number of carbonyl (C=O) groups excluding carboxylic acids is 3. The summed E-state index contributed by atoms with van der Waals surface area (Å²) in [6.07, 6.45) is 1.96. The van der Waals surface area contributed by atoms with Crippen molar-refractivity contribution in [3.05, 3.63) is 65.2 Å². The van der Waals surface area contributed by atoms with E-state index in [1.165, 1.54) is 31.2 Å². The average molecular weight is 470 g/mol. The van der Waals surface area contributed by atoms with Gasteiger partial charge in [-0.3, -0.25) is 14.4 Å². The third kappa shape index (κ3) is 5.48. The second kappa shape index (κ2) is 9.44. The van der Waals surface area contributed by atoms with E-state index in [1.807, 2.05) is 4.90 Å². The van der Waals surface area contributed by atoms with Crippen LogP contribution in [0.3, 0.4) is 0 Å². The molecule has 0 aromatic heterocycles. The Balaban J connectivity index is 1.31. The van der Waals surface area contributed by atoms with Gasteiger partial charge in [0.1, 0.15) is 0 Å². The smallest absolute Gasteiger partial charge is 0.253 e. The number of hydrogen-bond donors (Lipinski definition) is 1. The first-order valence-electron chi connectivity index (χ1n) is 11.0. The van der Waals surface area contributed by atoms with E-state index in [0.717, 1.165) is 18.4 Å². The first kappa shape index (κ1) is 23.1. The van der Waals surface area contributed by atoms with Gasteiger partial charge in [0, 0.05) is 49.8 Å². The molecule has 0 radical (unpaired) electrons. The van der Waals surface area contributed by atoms with Crippen molar-refractivity contribution in [1.82, 2.24) is 14.5 Å². The van der Waals surface area contributed by atoms with Crippen LogP contribution in [0.15, 0.2) is 53.4 Å². The number of nitrogens with zero attached hydrogens (tertiary/aromatic N) is 2. The summed E-state index contributed by atoms with van der Waals surface area (Å²) in [4.78, 5) is 40.0. The molecule has 0 atom stereocenters. The Morgan fingerprint density at radius 2 is 1.39 bits per heavy atom. The van der Waals surface area contributed by atoms with Crippen molar-refractivity contribution >= 4 is 27.6 Å². The third-order valence-electron chi connectivity index (χ3n) is 6.04. The highest BCUT2D eigenvalue weighted by molar-refractivity contribution is 7.89. The van der Waals surface area contributed by atoms with Gasteiger partial charge < -0.3 is 9.80 Å². The number of rotatable bonds is 7. The van der Waals surface area contributed by atoms with Gasteiger partial charge in [-0.25, -0.2) is 13.1 Å². The summed E-state index contributed by atoms with van der Waals surface area (Å²) < 4.78 is 27.5. The number of amides is 2. The molecule has 2 fully saturated rings. The van der Waals surface area contributed by atoms with Gasteiger partial charge in [0.2, 0.25) is 15.9 Å². The fraction of sp³-hybridized carbons (Fsp3) is 0.375. The van der Waals surface area contributed by atoms with Crippen LogP contribution in [0.4, 0.5) is 0 Å². The van der Waals surface area contributed by atoms with Crippen molar-refractivity contribution in [3.8, 4) is 0 Å². The molecule has 0 bridgehead atoms. The van der Waals surface area contributed by atoms with Gasteiger partial charge in [-0.2, -0.15) is 0 Å². The third-order valence-corrected chi connectivity index (χ3v) is 7.46. The molecule has 2 aliphatic rings. The average Bonchev–Trinajstić information content (AvgIpc) is 3.68. The highest BCUT2D eigenvalue weighted by Gasteiger charge is 2.35. The molecule has 1 aliphatic heterocycles. The van der Waals surface area contributed by atoms with E-state index < -0.39 is 10.0 Å². The Labute approximate surface area is 193 Å². The van der Waals surface area contributed by atoms with Crippen molar-refractivity contribution in [2.24, 2.45) is 5.92 Å². The van der Waals surface area contributed by atoms with Crippen molar-refractivity contribution in [2.45, 2.75) is 31.2 Å². The summed E-state index contributed by atoms with van der Waals surface area (Å²) in [6.45, 7) is 3.66. The number of sulfonamides is 1. The van der Waals surface area contributed by atoms with Crippen LogP contribution in [0.1, 0.15) is 46.0 Å². The highest BCUT2D eigenvalue weighted by atomic mass is 32.2. The van der Waals surface area contributed by atoms with Crippen LogP contribution in [0.25, 0.3) is 0 Å². The van der Waals surface area contributed by atoms with Crippen molar-refractivity contribution in [3.63, 3.8) is 0 Å². The van der Waals surface area contributed by atoms with Crippen LogP contribution >= 0.6 is 0 Å². The minimum Gasteiger partial charge on any atom is -0.339 e. The molecule has 9 heteroatoms. The van der Waals surface area contributed by atoms with Crippen LogP contribution in [0.5, 0.6) is 0 Å². The summed E-state index contributed by atoms with van der Waals surface area (Å²) in [5, 5.41) is 0. The monoisotopic (exact) mass is 469 g/mol. The number of piperazine rings is 1. The van der Waals surface area contributed by atoms with Crippen molar-refractivity contribution in [2.75, 3.05) is 26.2 Å². The summed E-state index contributed by atoms with van der Waals surface area (Å²) in [6, 6.07) is 12.6. The van der Waals surface area contributed by atoms with Crippen molar-refractivity contribution < 1.29 is 22.8 Å². The number of benzene rings is 2. The lowest BCUT2D eigenvalue weighted by molar-refractivity contribution is -0.134. The maximum absolute atomic E-state index is 12.8. The zero-order valence-corrected chi connectivity index (χ0v) is 19.3. The predicted molar refractivity (Wildman–Crippen MR) is 122 cm³/mol. The number of carbonyl (C=O) groups is 3. The lowest BCUT2D eigenvalue weighted by Crippen LogP contribution is -2.51.